The van der Waals surface area contributed by atoms with Crippen LogP contribution in [0.3, 0.4) is 0 Å². The van der Waals surface area contributed by atoms with Gasteiger partial charge in [-0.2, -0.15) is 0 Å². The van der Waals surface area contributed by atoms with E-state index in [9.17, 15) is 9.59 Å². The molecule has 0 saturated carbocycles. The van der Waals surface area contributed by atoms with Gasteiger partial charge in [0.2, 0.25) is 6.29 Å². The van der Waals surface area contributed by atoms with Crippen molar-refractivity contribution >= 4 is 12.3 Å². The van der Waals surface area contributed by atoms with E-state index >= 15 is 0 Å². The molecule has 0 bridgehead atoms. The SMILES string of the molecule is CC(C)OC(=O)C=O. The number of carbonyl (C=O) groups is 2. The number of rotatable bonds is 2. The van der Waals surface area contributed by atoms with E-state index in [0.717, 1.165) is 0 Å². The number of esters is 1. The van der Waals surface area contributed by atoms with E-state index in [2.05, 4.69) is 4.74 Å². The van der Waals surface area contributed by atoms with Crippen molar-refractivity contribution in [1.82, 2.24) is 0 Å². The van der Waals surface area contributed by atoms with Gasteiger partial charge in [0.15, 0.2) is 0 Å². The van der Waals surface area contributed by atoms with Crippen molar-refractivity contribution in [1.29, 1.82) is 0 Å². The van der Waals surface area contributed by atoms with Crippen molar-refractivity contribution < 1.29 is 14.3 Å². The number of ether oxygens (including phenoxy) is 1. The number of carbonyl (C=O) groups excluding carboxylic acids is 2. The third-order valence-electron chi connectivity index (χ3n) is 0.448. The summed E-state index contributed by atoms with van der Waals surface area (Å²) >= 11 is 0. The zero-order valence-electron chi connectivity index (χ0n) is 4.88. The average Bonchev–Trinajstić information content (AvgIpc) is 1.65. The topological polar surface area (TPSA) is 43.4 Å². The first-order valence-corrected chi connectivity index (χ1v) is 2.32. The molecule has 0 aromatic rings. The molecule has 8 heavy (non-hydrogen) atoms. The lowest BCUT2D eigenvalue weighted by Crippen LogP contribution is -2.11. The molecular weight excluding hydrogens is 108 g/mol. The molecule has 0 N–H and O–H groups in total. The van der Waals surface area contributed by atoms with Crippen molar-refractivity contribution in [3.8, 4) is 0 Å². The van der Waals surface area contributed by atoms with Crippen LogP contribution in [-0.4, -0.2) is 18.4 Å². The Morgan fingerprint density at radius 1 is 1.62 bits per heavy atom. The molecule has 0 atom stereocenters. The Kier molecular flexibility index (Phi) is 2.84. The average molecular weight is 116 g/mol. The van der Waals surface area contributed by atoms with Gasteiger partial charge in [-0.25, -0.2) is 4.79 Å². The molecule has 0 heterocycles. The fourth-order valence-electron chi connectivity index (χ4n) is 0.260. The van der Waals surface area contributed by atoms with Gasteiger partial charge in [0, 0.05) is 0 Å². The first-order valence-electron chi connectivity index (χ1n) is 2.32. The van der Waals surface area contributed by atoms with Gasteiger partial charge in [-0.1, -0.05) is 0 Å². The predicted molar refractivity (Wildman–Crippen MR) is 27.3 cm³/mol. The summed E-state index contributed by atoms with van der Waals surface area (Å²) in [6.07, 6.45) is -0.0484. The fraction of sp³-hybridized carbons (Fsp3) is 0.600. The summed E-state index contributed by atoms with van der Waals surface area (Å²) in [4.78, 5) is 19.6. The molecule has 3 heteroatoms. The molecule has 0 rings (SSSR count). The maximum atomic E-state index is 10.0. The molecule has 0 amide bonds. The van der Waals surface area contributed by atoms with Gasteiger partial charge in [0.25, 0.3) is 0 Å². The smallest absolute Gasteiger partial charge is 0.371 e. The molecule has 0 aliphatic carbocycles. The zero-order valence-corrected chi connectivity index (χ0v) is 4.88. The molecule has 0 saturated heterocycles. The highest BCUT2D eigenvalue weighted by Gasteiger charge is 1.99. The normalized spacial score (nSPS) is 8.88. The first kappa shape index (κ1) is 7.14. The molecule has 0 aromatic heterocycles. The highest BCUT2D eigenvalue weighted by Crippen LogP contribution is 1.84. The van der Waals surface area contributed by atoms with E-state index in [1.54, 1.807) is 13.8 Å². The molecule has 0 fully saturated rings. The van der Waals surface area contributed by atoms with Crippen molar-refractivity contribution in [2.75, 3.05) is 0 Å². The van der Waals surface area contributed by atoms with Crippen molar-refractivity contribution in [3.05, 3.63) is 0 Å². The molecule has 3 nitrogen and oxygen atoms in total. The molecule has 0 aliphatic rings. The Morgan fingerprint density at radius 3 is 2.25 bits per heavy atom. The van der Waals surface area contributed by atoms with Crippen LogP contribution < -0.4 is 0 Å². The van der Waals surface area contributed by atoms with Crippen LogP contribution in [-0.2, 0) is 14.3 Å². The van der Waals surface area contributed by atoms with Crippen LogP contribution in [0.4, 0.5) is 0 Å². The minimum atomic E-state index is -0.806. The van der Waals surface area contributed by atoms with Crippen LogP contribution in [0.2, 0.25) is 0 Å². The van der Waals surface area contributed by atoms with Crippen molar-refractivity contribution in [3.63, 3.8) is 0 Å². The predicted octanol–water partition coefficient (Wildman–Crippen LogP) is 0.137. The number of aldehydes is 1. The lowest BCUT2D eigenvalue weighted by atomic mass is 10.5. The van der Waals surface area contributed by atoms with Crippen molar-refractivity contribution in [2.45, 2.75) is 20.0 Å². The summed E-state index contributed by atoms with van der Waals surface area (Å²) in [7, 11) is 0. The number of hydrogen-bond donors (Lipinski definition) is 0. The summed E-state index contributed by atoms with van der Waals surface area (Å²) in [6, 6.07) is 0. The maximum Gasteiger partial charge on any atom is 0.371 e. The van der Waals surface area contributed by atoms with E-state index in [1.165, 1.54) is 0 Å². The second-order valence-corrected chi connectivity index (χ2v) is 1.60. The van der Waals surface area contributed by atoms with Crippen LogP contribution >= 0.6 is 0 Å². The van der Waals surface area contributed by atoms with E-state index in [4.69, 9.17) is 0 Å². The van der Waals surface area contributed by atoms with Gasteiger partial charge in [-0.05, 0) is 13.8 Å². The minimum Gasteiger partial charge on any atom is -0.457 e. The summed E-state index contributed by atoms with van der Waals surface area (Å²) in [6.45, 7) is 3.36. The van der Waals surface area contributed by atoms with Gasteiger partial charge in [0.1, 0.15) is 0 Å². The monoisotopic (exact) mass is 116 g/mol. The quantitative estimate of drug-likeness (QED) is 0.293. The molecule has 0 aliphatic heterocycles. The maximum absolute atomic E-state index is 10.0. The summed E-state index contributed by atoms with van der Waals surface area (Å²) < 4.78 is 4.39. The van der Waals surface area contributed by atoms with Crippen LogP contribution in [0, 0.1) is 0 Å². The fourth-order valence-corrected chi connectivity index (χ4v) is 0.260. The summed E-state index contributed by atoms with van der Waals surface area (Å²) in [5, 5.41) is 0. The van der Waals surface area contributed by atoms with E-state index in [1.807, 2.05) is 0 Å². The minimum absolute atomic E-state index is 0.153. The van der Waals surface area contributed by atoms with E-state index in [-0.39, 0.29) is 12.4 Å². The third-order valence-corrected chi connectivity index (χ3v) is 0.448. The zero-order chi connectivity index (χ0) is 6.57. The standard InChI is InChI=1S/C5H8O3/c1-4(2)8-5(7)3-6/h3-4H,1-2H3. The lowest BCUT2D eigenvalue weighted by Gasteiger charge is -2.01. The Morgan fingerprint density at radius 2 is 2.12 bits per heavy atom. The van der Waals surface area contributed by atoms with Crippen LogP contribution in [0.1, 0.15) is 13.8 Å². The first-order chi connectivity index (χ1) is 3.66. The summed E-state index contributed by atoms with van der Waals surface area (Å²) in [5.41, 5.74) is 0. The van der Waals surface area contributed by atoms with Crippen molar-refractivity contribution in [2.24, 2.45) is 0 Å². The highest BCUT2D eigenvalue weighted by molar-refractivity contribution is 6.20. The van der Waals surface area contributed by atoms with Gasteiger partial charge in [-0.3, -0.25) is 4.79 Å². The van der Waals surface area contributed by atoms with E-state index in [0.29, 0.717) is 0 Å². The molecule has 0 spiro atoms. The van der Waals surface area contributed by atoms with Gasteiger partial charge in [-0.15, -0.1) is 0 Å². The molecule has 0 radical (unpaired) electrons. The molecular formula is C5H8O3. The van der Waals surface area contributed by atoms with Crippen LogP contribution in [0.25, 0.3) is 0 Å². The highest BCUT2D eigenvalue weighted by atomic mass is 16.5. The Balaban J connectivity index is 3.39. The second kappa shape index (κ2) is 3.18. The Bertz CT molecular complexity index is 95.8. The van der Waals surface area contributed by atoms with E-state index < -0.39 is 5.97 Å². The van der Waals surface area contributed by atoms with Crippen LogP contribution in [0.15, 0.2) is 0 Å². The largest absolute Gasteiger partial charge is 0.457 e. The van der Waals surface area contributed by atoms with Gasteiger partial charge >= 0.3 is 5.97 Å². The molecule has 0 unspecified atom stereocenters. The van der Waals surface area contributed by atoms with Gasteiger partial charge < -0.3 is 4.74 Å². The Labute approximate surface area is 47.6 Å². The lowest BCUT2D eigenvalue weighted by molar-refractivity contribution is -0.151. The van der Waals surface area contributed by atoms with Crippen LogP contribution in [0.5, 0.6) is 0 Å². The Hall–Kier alpha value is -0.860. The van der Waals surface area contributed by atoms with Gasteiger partial charge in [0.05, 0.1) is 6.10 Å². The summed E-state index contributed by atoms with van der Waals surface area (Å²) in [5.74, 6) is -0.806. The third kappa shape index (κ3) is 3.33. The second-order valence-electron chi connectivity index (χ2n) is 1.60. The number of hydrogen-bond acceptors (Lipinski definition) is 3. The molecule has 46 valence electrons. The molecule has 0 aromatic carbocycles.